The van der Waals surface area contributed by atoms with E-state index in [9.17, 15) is 0 Å². The van der Waals surface area contributed by atoms with Crippen LogP contribution in [-0.2, 0) is 9.47 Å². The minimum absolute atomic E-state index is 0.240. The Balaban J connectivity index is 1.57. The van der Waals surface area contributed by atoms with E-state index in [0.29, 0.717) is 11.8 Å². The lowest BCUT2D eigenvalue weighted by Crippen LogP contribution is -2.26. The molecule has 6 rings (SSSR count). The van der Waals surface area contributed by atoms with Crippen molar-refractivity contribution < 1.29 is 9.47 Å². The first-order chi connectivity index (χ1) is 9.93. The average Bonchev–Trinajstić information content (AvgIpc) is 3.23. The van der Waals surface area contributed by atoms with Crippen molar-refractivity contribution in [2.45, 2.75) is 24.4 Å². The van der Waals surface area contributed by atoms with Gasteiger partial charge in [0.15, 0.2) is 0 Å². The molecule has 4 heterocycles. The van der Waals surface area contributed by atoms with Crippen molar-refractivity contribution in [3.8, 4) is 0 Å². The number of ether oxygens (including phenoxy) is 2. The fourth-order valence-corrected chi connectivity index (χ4v) is 4.98. The van der Waals surface area contributed by atoms with E-state index in [1.165, 1.54) is 22.3 Å². The Bertz CT molecular complexity index is 616. The molecule has 98 valence electrons. The molecule has 0 saturated carbocycles. The van der Waals surface area contributed by atoms with Crippen LogP contribution in [0.1, 0.15) is 46.7 Å². The molecule has 2 saturated heterocycles. The zero-order valence-electron chi connectivity index (χ0n) is 10.9. The standard InChI is InChI=1S/C18H14O2/c1-2-6-10-9(5-1)15-13-14(16(10)19-15)18-12-8-4-3-7-11(12)17(13)20-18/h1-8,13-18H. The van der Waals surface area contributed by atoms with Crippen molar-refractivity contribution in [1.29, 1.82) is 0 Å². The Kier molecular flexibility index (Phi) is 1.60. The summed E-state index contributed by atoms with van der Waals surface area (Å²) in [7, 11) is 0. The molecule has 2 fully saturated rings. The number of hydrogen-bond donors (Lipinski definition) is 0. The summed E-state index contributed by atoms with van der Waals surface area (Å²) in [6.07, 6.45) is 0.961. The van der Waals surface area contributed by atoms with E-state index in [1.54, 1.807) is 0 Å². The van der Waals surface area contributed by atoms with Gasteiger partial charge in [0.1, 0.15) is 0 Å². The predicted octanol–water partition coefficient (Wildman–Crippen LogP) is 3.87. The molecule has 4 bridgehead atoms. The number of hydrogen-bond acceptors (Lipinski definition) is 2. The first kappa shape index (κ1) is 10.1. The van der Waals surface area contributed by atoms with Gasteiger partial charge < -0.3 is 9.47 Å². The summed E-state index contributed by atoms with van der Waals surface area (Å²) in [5, 5.41) is 0. The molecule has 0 amide bonds. The van der Waals surface area contributed by atoms with Crippen molar-refractivity contribution in [3.63, 3.8) is 0 Å². The molecule has 2 heteroatoms. The summed E-state index contributed by atoms with van der Waals surface area (Å²) in [5.41, 5.74) is 5.58. The summed E-state index contributed by atoms with van der Waals surface area (Å²) in [4.78, 5) is 0. The van der Waals surface area contributed by atoms with Gasteiger partial charge in [0, 0.05) is 11.8 Å². The first-order valence-electron chi connectivity index (χ1n) is 7.42. The van der Waals surface area contributed by atoms with Gasteiger partial charge in [-0.3, -0.25) is 0 Å². The Morgan fingerprint density at radius 2 is 0.800 bits per heavy atom. The fraction of sp³-hybridized carbons (Fsp3) is 0.333. The Hall–Kier alpha value is -1.64. The predicted molar refractivity (Wildman–Crippen MR) is 73.0 cm³/mol. The lowest BCUT2D eigenvalue weighted by atomic mass is 9.67. The fourth-order valence-electron chi connectivity index (χ4n) is 4.98. The largest absolute Gasteiger partial charge is 0.365 e. The Labute approximate surface area is 117 Å². The average molecular weight is 262 g/mol. The molecule has 0 radical (unpaired) electrons. The maximum absolute atomic E-state index is 6.34. The Morgan fingerprint density at radius 3 is 1.10 bits per heavy atom. The van der Waals surface area contributed by atoms with E-state index in [1.807, 2.05) is 0 Å². The third-order valence-electron chi connectivity index (χ3n) is 5.65. The van der Waals surface area contributed by atoms with Crippen LogP contribution in [0.5, 0.6) is 0 Å². The molecule has 4 aliphatic heterocycles. The van der Waals surface area contributed by atoms with E-state index in [4.69, 9.17) is 9.47 Å². The third kappa shape index (κ3) is 0.932. The maximum Gasteiger partial charge on any atom is 0.0898 e. The van der Waals surface area contributed by atoms with Gasteiger partial charge >= 0.3 is 0 Å². The second kappa shape index (κ2) is 3.16. The summed E-state index contributed by atoms with van der Waals surface area (Å²) in [6.45, 7) is 0. The van der Waals surface area contributed by atoms with Crippen molar-refractivity contribution >= 4 is 0 Å². The highest BCUT2D eigenvalue weighted by Gasteiger charge is 2.65. The van der Waals surface area contributed by atoms with Crippen LogP contribution in [0.15, 0.2) is 48.5 Å². The molecule has 0 N–H and O–H groups in total. The highest BCUT2D eigenvalue weighted by molar-refractivity contribution is 5.46. The van der Waals surface area contributed by atoms with Crippen LogP contribution in [0.25, 0.3) is 0 Å². The van der Waals surface area contributed by atoms with E-state index in [-0.39, 0.29) is 24.4 Å². The lowest BCUT2D eigenvalue weighted by Gasteiger charge is -2.31. The van der Waals surface area contributed by atoms with Gasteiger partial charge in [-0.25, -0.2) is 0 Å². The zero-order chi connectivity index (χ0) is 12.8. The number of fused-ring (bicyclic) bond motifs is 15. The van der Waals surface area contributed by atoms with Gasteiger partial charge in [0.25, 0.3) is 0 Å². The Morgan fingerprint density at radius 1 is 0.500 bits per heavy atom. The topological polar surface area (TPSA) is 18.5 Å². The monoisotopic (exact) mass is 262 g/mol. The second-order valence-corrected chi connectivity index (χ2v) is 6.37. The van der Waals surface area contributed by atoms with E-state index in [2.05, 4.69) is 48.5 Å². The molecule has 2 aromatic rings. The van der Waals surface area contributed by atoms with Gasteiger partial charge in [0.05, 0.1) is 24.4 Å². The van der Waals surface area contributed by atoms with Gasteiger partial charge in [-0.1, -0.05) is 48.5 Å². The van der Waals surface area contributed by atoms with Crippen molar-refractivity contribution in [2.24, 2.45) is 11.8 Å². The molecular formula is C18H14O2. The molecule has 0 aromatic heterocycles. The van der Waals surface area contributed by atoms with E-state index in [0.717, 1.165) is 0 Å². The second-order valence-electron chi connectivity index (χ2n) is 6.37. The molecule has 4 aliphatic rings. The van der Waals surface area contributed by atoms with Crippen LogP contribution in [0.3, 0.4) is 0 Å². The maximum atomic E-state index is 6.34. The van der Waals surface area contributed by atoms with Crippen LogP contribution >= 0.6 is 0 Å². The minimum atomic E-state index is 0.240. The summed E-state index contributed by atoms with van der Waals surface area (Å²) >= 11 is 0. The van der Waals surface area contributed by atoms with Crippen molar-refractivity contribution in [1.82, 2.24) is 0 Å². The zero-order valence-corrected chi connectivity index (χ0v) is 10.9. The minimum Gasteiger partial charge on any atom is -0.365 e. The van der Waals surface area contributed by atoms with E-state index < -0.39 is 0 Å². The lowest BCUT2D eigenvalue weighted by molar-refractivity contribution is -0.0291. The molecule has 0 spiro atoms. The number of benzene rings is 2. The van der Waals surface area contributed by atoms with Crippen LogP contribution in [0, 0.1) is 11.8 Å². The molecule has 0 aliphatic carbocycles. The summed E-state index contributed by atoms with van der Waals surface area (Å²) in [6, 6.07) is 17.4. The van der Waals surface area contributed by atoms with Gasteiger partial charge in [-0.05, 0) is 22.3 Å². The van der Waals surface area contributed by atoms with Crippen LogP contribution < -0.4 is 0 Å². The molecule has 2 aromatic carbocycles. The SMILES string of the molecule is c1ccc2c(c1)C1OC2C2C3OC(c4ccccc43)C12. The van der Waals surface area contributed by atoms with Crippen molar-refractivity contribution in [2.75, 3.05) is 0 Å². The van der Waals surface area contributed by atoms with E-state index >= 15 is 0 Å². The first-order valence-corrected chi connectivity index (χ1v) is 7.42. The van der Waals surface area contributed by atoms with Crippen LogP contribution in [-0.4, -0.2) is 0 Å². The van der Waals surface area contributed by atoms with Gasteiger partial charge in [-0.2, -0.15) is 0 Å². The van der Waals surface area contributed by atoms with Crippen molar-refractivity contribution in [3.05, 3.63) is 70.8 Å². The molecule has 2 nitrogen and oxygen atoms in total. The van der Waals surface area contributed by atoms with Crippen LogP contribution in [0.4, 0.5) is 0 Å². The summed E-state index contributed by atoms with van der Waals surface area (Å²) in [5.74, 6) is 1.02. The number of rotatable bonds is 0. The molecule has 4 atom stereocenters. The highest BCUT2D eigenvalue weighted by atomic mass is 16.5. The van der Waals surface area contributed by atoms with Gasteiger partial charge in [0.2, 0.25) is 0 Å². The molecular weight excluding hydrogens is 248 g/mol. The smallest absolute Gasteiger partial charge is 0.0898 e. The third-order valence-corrected chi connectivity index (χ3v) is 5.65. The van der Waals surface area contributed by atoms with Crippen LogP contribution in [0.2, 0.25) is 0 Å². The molecule has 20 heavy (non-hydrogen) atoms. The van der Waals surface area contributed by atoms with Gasteiger partial charge in [-0.15, -0.1) is 0 Å². The normalized spacial score (nSPS) is 41.6. The molecule has 4 unspecified atom stereocenters. The quantitative estimate of drug-likeness (QED) is 0.717. The highest BCUT2D eigenvalue weighted by Crippen LogP contribution is 2.72. The summed E-state index contributed by atoms with van der Waals surface area (Å²) < 4.78 is 12.7.